The lowest BCUT2D eigenvalue weighted by atomic mass is 10.2. The summed E-state index contributed by atoms with van der Waals surface area (Å²) in [5.74, 6) is 0.100. The van der Waals surface area contributed by atoms with Crippen LogP contribution in [0.25, 0.3) is 0 Å². The number of carbonyl (C=O) groups is 1. The van der Waals surface area contributed by atoms with Gasteiger partial charge in [-0.1, -0.05) is 25.4 Å². The average Bonchev–Trinajstić information content (AvgIpc) is 2.31. The fourth-order valence-electron chi connectivity index (χ4n) is 1.67. The number of amides is 1. The first-order chi connectivity index (χ1) is 8.10. The molecule has 1 aromatic rings. The van der Waals surface area contributed by atoms with Crippen LogP contribution >= 0.6 is 34.2 Å². The second-order valence-corrected chi connectivity index (χ2v) is 5.49. The lowest BCUT2D eigenvalue weighted by Crippen LogP contribution is -2.32. The Morgan fingerprint density at radius 2 is 1.88 bits per heavy atom. The van der Waals surface area contributed by atoms with Crippen molar-refractivity contribution < 1.29 is 4.79 Å². The number of nitrogens with zero attached hydrogens (tertiary/aromatic N) is 1. The van der Waals surface area contributed by atoms with Crippen LogP contribution in [-0.4, -0.2) is 23.9 Å². The van der Waals surface area contributed by atoms with E-state index in [9.17, 15) is 4.79 Å². The molecule has 0 saturated carbocycles. The Morgan fingerprint density at radius 3 is 2.35 bits per heavy atom. The van der Waals surface area contributed by atoms with Crippen molar-refractivity contribution in [3.8, 4) is 0 Å². The molecule has 1 rings (SSSR count). The zero-order valence-corrected chi connectivity index (χ0v) is 13.1. The van der Waals surface area contributed by atoms with Gasteiger partial charge < -0.3 is 4.90 Å². The molecule has 0 unspecified atom stereocenters. The Kier molecular flexibility index (Phi) is 6.27. The normalized spacial score (nSPS) is 10.4. The zero-order chi connectivity index (χ0) is 12.8. The smallest absolute Gasteiger partial charge is 0.253 e. The van der Waals surface area contributed by atoms with Crippen LogP contribution in [0, 0.1) is 3.57 Å². The zero-order valence-electron chi connectivity index (χ0n) is 10.2. The van der Waals surface area contributed by atoms with Crippen molar-refractivity contribution in [2.45, 2.75) is 26.7 Å². The minimum Gasteiger partial charge on any atom is -0.339 e. The lowest BCUT2D eigenvalue weighted by Gasteiger charge is -2.21. The summed E-state index contributed by atoms with van der Waals surface area (Å²) in [7, 11) is 0. The van der Waals surface area contributed by atoms with E-state index in [1.54, 1.807) is 12.1 Å². The molecule has 0 aliphatic heterocycles. The summed E-state index contributed by atoms with van der Waals surface area (Å²) in [6.07, 6.45) is 1.97. The Labute approximate surface area is 121 Å². The molecule has 1 aromatic carbocycles. The largest absolute Gasteiger partial charge is 0.339 e. The van der Waals surface area contributed by atoms with Crippen LogP contribution in [0.5, 0.6) is 0 Å². The van der Waals surface area contributed by atoms with E-state index < -0.39 is 0 Å². The van der Waals surface area contributed by atoms with Gasteiger partial charge in [0.15, 0.2) is 0 Å². The van der Waals surface area contributed by atoms with E-state index in [-0.39, 0.29) is 5.91 Å². The fourth-order valence-corrected chi connectivity index (χ4v) is 2.30. The standard InChI is InChI=1S/C13H17ClINO/c1-3-7-16(8-4-2)13(17)10-5-6-11(14)12(15)9-10/h5-6,9H,3-4,7-8H2,1-2H3. The fraction of sp³-hybridized carbons (Fsp3) is 0.462. The molecule has 0 aliphatic rings. The highest BCUT2D eigenvalue weighted by molar-refractivity contribution is 14.1. The van der Waals surface area contributed by atoms with Gasteiger partial charge in [-0.25, -0.2) is 0 Å². The summed E-state index contributed by atoms with van der Waals surface area (Å²) in [6, 6.07) is 5.43. The summed E-state index contributed by atoms with van der Waals surface area (Å²) < 4.78 is 0.920. The molecule has 0 heterocycles. The Balaban J connectivity index is 2.88. The molecule has 17 heavy (non-hydrogen) atoms. The van der Waals surface area contributed by atoms with E-state index in [0.29, 0.717) is 5.02 Å². The first-order valence-corrected chi connectivity index (χ1v) is 7.30. The molecule has 4 heteroatoms. The summed E-state index contributed by atoms with van der Waals surface area (Å²) in [4.78, 5) is 14.2. The van der Waals surface area contributed by atoms with Crippen molar-refractivity contribution >= 4 is 40.1 Å². The molecule has 0 fully saturated rings. The maximum Gasteiger partial charge on any atom is 0.253 e. The van der Waals surface area contributed by atoms with Crippen molar-refractivity contribution in [2.24, 2.45) is 0 Å². The van der Waals surface area contributed by atoms with Crippen LogP contribution in [0.4, 0.5) is 0 Å². The topological polar surface area (TPSA) is 20.3 Å². The highest BCUT2D eigenvalue weighted by Crippen LogP contribution is 2.20. The van der Waals surface area contributed by atoms with Crippen molar-refractivity contribution in [3.63, 3.8) is 0 Å². The molecule has 0 bridgehead atoms. The summed E-state index contributed by atoms with van der Waals surface area (Å²) in [6.45, 7) is 5.79. The van der Waals surface area contributed by atoms with Gasteiger partial charge in [0.1, 0.15) is 0 Å². The summed E-state index contributed by atoms with van der Waals surface area (Å²) in [5, 5.41) is 0.694. The summed E-state index contributed by atoms with van der Waals surface area (Å²) in [5.41, 5.74) is 0.723. The molecule has 1 amide bonds. The first kappa shape index (κ1) is 14.8. The molecule has 0 N–H and O–H groups in total. The van der Waals surface area contributed by atoms with Crippen molar-refractivity contribution in [1.82, 2.24) is 4.90 Å². The van der Waals surface area contributed by atoms with Gasteiger partial charge >= 0.3 is 0 Å². The van der Waals surface area contributed by atoms with Crippen LogP contribution in [-0.2, 0) is 0 Å². The first-order valence-electron chi connectivity index (χ1n) is 5.84. The van der Waals surface area contributed by atoms with Gasteiger partial charge in [-0.3, -0.25) is 4.79 Å². The monoisotopic (exact) mass is 365 g/mol. The predicted molar refractivity (Wildman–Crippen MR) is 80.7 cm³/mol. The Morgan fingerprint density at radius 1 is 1.29 bits per heavy atom. The van der Waals surface area contributed by atoms with Crippen molar-refractivity contribution in [3.05, 3.63) is 32.4 Å². The molecule has 0 radical (unpaired) electrons. The third-order valence-corrected chi connectivity index (χ3v) is 3.98. The third-order valence-electron chi connectivity index (χ3n) is 2.44. The van der Waals surface area contributed by atoms with Crippen molar-refractivity contribution in [2.75, 3.05) is 13.1 Å². The van der Waals surface area contributed by atoms with Gasteiger partial charge in [-0.2, -0.15) is 0 Å². The highest BCUT2D eigenvalue weighted by atomic mass is 127. The maximum absolute atomic E-state index is 12.3. The van der Waals surface area contributed by atoms with Gasteiger partial charge in [0.25, 0.3) is 5.91 Å². The average molecular weight is 366 g/mol. The highest BCUT2D eigenvalue weighted by Gasteiger charge is 2.14. The minimum absolute atomic E-state index is 0.100. The molecule has 94 valence electrons. The van der Waals surface area contributed by atoms with E-state index in [0.717, 1.165) is 35.1 Å². The van der Waals surface area contributed by atoms with E-state index >= 15 is 0 Å². The molecule has 0 spiro atoms. The number of hydrogen-bond donors (Lipinski definition) is 0. The van der Waals surface area contributed by atoms with Gasteiger partial charge in [0.2, 0.25) is 0 Å². The van der Waals surface area contributed by atoms with E-state index in [1.165, 1.54) is 0 Å². The SMILES string of the molecule is CCCN(CCC)C(=O)c1ccc(Cl)c(I)c1. The van der Waals surface area contributed by atoms with Gasteiger partial charge in [0.05, 0.1) is 5.02 Å². The molecule has 0 saturated heterocycles. The Hall–Kier alpha value is -0.290. The van der Waals surface area contributed by atoms with Gasteiger partial charge in [-0.05, 0) is 53.6 Å². The van der Waals surface area contributed by atoms with Gasteiger partial charge in [0, 0.05) is 22.2 Å². The van der Waals surface area contributed by atoms with Gasteiger partial charge in [-0.15, -0.1) is 0 Å². The van der Waals surface area contributed by atoms with Crippen LogP contribution < -0.4 is 0 Å². The molecule has 0 atom stereocenters. The Bertz CT molecular complexity index is 389. The number of hydrogen-bond acceptors (Lipinski definition) is 1. The van der Waals surface area contributed by atoms with Crippen LogP contribution in [0.1, 0.15) is 37.0 Å². The van der Waals surface area contributed by atoms with Crippen LogP contribution in [0.2, 0.25) is 5.02 Å². The second kappa shape index (κ2) is 7.21. The molecular weight excluding hydrogens is 349 g/mol. The van der Waals surface area contributed by atoms with E-state index in [4.69, 9.17) is 11.6 Å². The van der Waals surface area contributed by atoms with E-state index in [1.807, 2.05) is 11.0 Å². The van der Waals surface area contributed by atoms with Crippen LogP contribution in [0.15, 0.2) is 18.2 Å². The minimum atomic E-state index is 0.100. The maximum atomic E-state index is 12.3. The quantitative estimate of drug-likeness (QED) is 0.716. The summed E-state index contributed by atoms with van der Waals surface area (Å²) >= 11 is 8.10. The molecule has 0 aliphatic carbocycles. The van der Waals surface area contributed by atoms with E-state index in [2.05, 4.69) is 36.4 Å². The van der Waals surface area contributed by atoms with Crippen LogP contribution in [0.3, 0.4) is 0 Å². The number of benzene rings is 1. The second-order valence-electron chi connectivity index (χ2n) is 3.92. The van der Waals surface area contributed by atoms with Crippen molar-refractivity contribution in [1.29, 1.82) is 0 Å². The number of carbonyl (C=O) groups excluding carboxylic acids is 1. The molecular formula is C13H17ClINO. The number of rotatable bonds is 5. The molecule has 2 nitrogen and oxygen atoms in total. The molecule has 0 aromatic heterocycles. The third kappa shape index (κ3) is 4.14. The predicted octanol–water partition coefficient (Wildman–Crippen LogP) is 4.21. The lowest BCUT2D eigenvalue weighted by molar-refractivity contribution is 0.0755. The number of halogens is 2.